The molecule has 2 aliphatic heterocycles. The first-order valence-electron chi connectivity index (χ1n) is 9.05. The summed E-state index contributed by atoms with van der Waals surface area (Å²) in [6.45, 7) is 6.04. The van der Waals surface area contributed by atoms with Crippen molar-refractivity contribution in [1.29, 1.82) is 0 Å². The highest BCUT2D eigenvalue weighted by Crippen LogP contribution is 2.29. The molecule has 3 heterocycles. The van der Waals surface area contributed by atoms with Crippen molar-refractivity contribution in [2.45, 2.75) is 45.4 Å². The number of amides is 2. The van der Waals surface area contributed by atoms with E-state index in [0.717, 1.165) is 49.6 Å². The molecule has 1 aromatic rings. The summed E-state index contributed by atoms with van der Waals surface area (Å²) in [5.74, 6) is 0.0517. The van der Waals surface area contributed by atoms with Crippen molar-refractivity contribution in [2.75, 3.05) is 38.0 Å². The molecule has 0 saturated carbocycles. The van der Waals surface area contributed by atoms with Crippen molar-refractivity contribution in [3.63, 3.8) is 0 Å². The summed E-state index contributed by atoms with van der Waals surface area (Å²) in [5, 5.41) is 4.90. The van der Waals surface area contributed by atoms with Crippen molar-refractivity contribution >= 4 is 28.8 Å². The van der Waals surface area contributed by atoms with Gasteiger partial charge in [-0.1, -0.05) is 12.8 Å². The van der Waals surface area contributed by atoms with Crippen molar-refractivity contribution < 1.29 is 9.59 Å². The molecule has 0 unspecified atom stereocenters. The Morgan fingerprint density at radius 3 is 2.33 bits per heavy atom. The van der Waals surface area contributed by atoms with Crippen molar-refractivity contribution in [3.8, 4) is 0 Å². The van der Waals surface area contributed by atoms with E-state index in [4.69, 9.17) is 0 Å². The van der Waals surface area contributed by atoms with Crippen LogP contribution in [-0.2, 0) is 4.79 Å². The molecule has 24 heavy (non-hydrogen) atoms. The smallest absolute Gasteiger partial charge is 0.256 e. The number of anilines is 1. The summed E-state index contributed by atoms with van der Waals surface area (Å²) in [6, 6.07) is 0. The normalized spacial score (nSPS) is 19.3. The summed E-state index contributed by atoms with van der Waals surface area (Å²) in [4.78, 5) is 30.3. The van der Waals surface area contributed by atoms with Gasteiger partial charge in [-0.3, -0.25) is 14.5 Å². The standard InChI is InChI=1S/C18H27N3O2S/c1-14-17(15(13-24-14)18(23)21-10-6-7-11-21)19-16(22)12-20-8-4-2-3-5-9-20/h13H,2-12H2,1H3,(H,19,22). The molecule has 1 N–H and O–H groups in total. The number of hydrogen-bond donors (Lipinski definition) is 1. The Kier molecular flexibility index (Phi) is 5.89. The molecule has 0 bridgehead atoms. The van der Waals surface area contributed by atoms with Crippen LogP contribution in [0, 0.1) is 6.92 Å². The number of nitrogens with one attached hydrogen (secondary N) is 1. The topological polar surface area (TPSA) is 52.7 Å². The number of carbonyl (C=O) groups is 2. The van der Waals surface area contributed by atoms with Crippen LogP contribution >= 0.6 is 11.3 Å². The Morgan fingerprint density at radius 2 is 1.67 bits per heavy atom. The van der Waals surface area contributed by atoms with Crippen LogP contribution < -0.4 is 5.32 Å². The molecule has 0 spiro atoms. The van der Waals surface area contributed by atoms with E-state index >= 15 is 0 Å². The summed E-state index contributed by atoms with van der Waals surface area (Å²) >= 11 is 1.53. The van der Waals surface area contributed by atoms with Crippen molar-refractivity contribution in [2.24, 2.45) is 0 Å². The Labute approximate surface area is 148 Å². The number of hydrogen-bond acceptors (Lipinski definition) is 4. The van der Waals surface area contributed by atoms with E-state index in [0.29, 0.717) is 12.1 Å². The molecule has 1 aromatic heterocycles. The highest BCUT2D eigenvalue weighted by atomic mass is 32.1. The quantitative estimate of drug-likeness (QED) is 0.909. The van der Waals surface area contributed by atoms with Crippen LogP contribution in [-0.4, -0.2) is 54.3 Å². The molecule has 2 saturated heterocycles. The van der Waals surface area contributed by atoms with Crippen LogP contribution in [0.25, 0.3) is 0 Å². The molecule has 2 amide bonds. The van der Waals surface area contributed by atoms with Gasteiger partial charge in [0.25, 0.3) is 5.91 Å². The monoisotopic (exact) mass is 349 g/mol. The van der Waals surface area contributed by atoms with Gasteiger partial charge in [-0.2, -0.15) is 0 Å². The fourth-order valence-electron chi connectivity index (χ4n) is 3.53. The summed E-state index contributed by atoms with van der Waals surface area (Å²) in [7, 11) is 0. The molecule has 0 radical (unpaired) electrons. The molecule has 3 rings (SSSR count). The number of aryl methyl sites for hydroxylation is 1. The first-order chi connectivity index (χ1) is 11.6. The fourth-order valence-corrected chi connectivity index (χ4v) is 4.33. The molecule has 2 fully saturated rings. The zero-order chi connectivity index (χ0) is 16.9. The Hall–Kier alpha value is -1.40. The molecule has 0 aromatic carbocycles. The van der Waals surface area contributed by atoms with Crippen LogP contribution in [0.3, 0.4) is 0 Å². The zero-order valence-corrected chi connectivity index (χ0v) is 15.3. The van der Waals surface area contributed by atoms with Gasteiger partial charge < -0.3 is 10.2 Å². The minimum absolute atomic E-state index is 0.00567. The number of likely N-dealkylation sites (tertiary alicyclic amines) is 2. The lowest BCUT2D eigenvalue weighted by molar-refractivity contribution is -0.117. The SMILES string of the molecule is Cc1scc(C(=O)N2CCCC2)c1NC(=O)CN1CCCCCC1. The first-order valence-corrected chi connectivity index (χ1v) is 9.92. The first kappa shape index (κ1) is 17.4. The van der Waals surface area contributed by atoms with E-state index in [1.165, 1.54) is 37.0 Å². The number of nitrogens with zero attached hydrogens (tertiary/aromatic N) is 2. The third kappa shape index (κ3) is 4.16. The minimum atomic E-state index is -0.00567. The highest BCUT2D eigenvalue weighted by Gasteiger charge is 2.25. The molecular formula is C18H27N3O2S. The van der Waals surface area contributed by atoms with Crippen molar-refractivity contribution in [1.82, 2.24) is 9.80 Å². The second-order valence-corrected chi connectivity index (χ2v) is 7.90. The molecular weight excluding hydrogens is 322 g/mol. The lowest BCUT2D eigenvalue weighted by Crippen LogP contribution is -2.34. The van der Waals surface area contributed by atoms with E-state index in [9.17, 15) is 9.59 Å². The third-order valence-corrected chi connectivity index (χ3v) is 5.84. The molecule has 132 valence electrons. The van der Waals surface area contributed by atoms with E-state index in [2.05, 4.69) is 10.2 Å². The average molecular weight is 350 g/mol. The van der Waals surface area contributed by atoms with Gasteiger partial charge in [0.2, 0.25) is 5.91 Å². The fraction of sp³-hybridized carbons (Fsp3) is 0.667. The van der Waals surface area contributed by atoms with Crippen LogP contribution in [0.15, 0.2) is 5.38 Å². The molecule has 0 atom stereocenters. The molecule has 0 aliphatic carbocycles. The maximum atomic E-state index is 12.7. The Bertz CT molecular complexity index is 585. The second kappa shape index (κ2) is 8.12. The largest absolute Gasteiger partial charge is 0.339 e. The lowest BCUT2D eigenvalue weighted by Gasteiger charge is -2.20. The van der Waals surface area contributed by atoms with Crippen LogP contribution in [0.2, 0.25) is 0 Å². The Balaban J connectivity index is 1.64. The zero-order valence-electron chi connectivity index (χ0n) is 14.5. The predicted molar refractivity (Wildman–Crippen MR) is 97.7 cm³/mol. The molecule has 6 heteroatoms. The van der Waals surface area contributed by atoms with Crippen LogP contribution in [0.4, 0.5) is 5.69 Å². The van der Waals surface area contributed by atoms with E-state index in [1.807, 2.05) is 17.2 Å². The van der Waals surface area contributed by atoms with E-state index in [1.54, 1.807) is 0 Å². The van der Waals surface area contributed by atoms with Crippen LogP contribution in [0.1, 0.15) is 53.8 Å². The summed E-state index contributed by atoms with van der Waals surface area (Å²) in [5.41, 5.74) is 1.38. The second-order valence-electron chi connectivity index (χ2n) is 6.82. The van der Waals surface area contributed by atoms with E-state index < -0.39 is 0 Å². The number of carbonyl (C=O) groups excluding carboxylic acids is 2. The third-order valence-electron chi connectivity index (χ3n) is 4.93. The van der Waals surface area contributed by atoms with E-state index in [-0.39, 0.29) is 11.8 Å². The number of rotatable bonds is 4. The van der Waals surface area contributed by atoms with Gasteiger partial charge in [0.1, 0.15) is 0 Å². The van der Waals surface area contributed by atoms with Crippen molar-refractivity contribution in [3.05, 3.63) is 15.8 Å². The maximum absolute atomic E-state index is 12.7. The molecule has 2 aliphatic rings. The van der Waals surface area contributed by atoms with Gasteiger partial charge in [-0.05, 0) is 45.7 Å². The van der Waals surface area contributed by atoms with Gasteiger partial charge in [0.05, 0.1) is 17.8 Å². The summed E-state index contributed by atoms with van der Waals surface area (Å²) in [6.07, 6.45) is 7.01. The minimum Gasteiger partial charge on any atom is -0.339 e. The Morgan fingerprint density at radius 1 is 1.04 bits per heavy atom. The van der Waals surface area contributed by atoms with Gasteiger partial charge in [-0.15, -0.1) is 11.3 Å². The molecule has 5 nitrogen and oxygen atoms in total. The van der Waals surface area contributed by atoms with Gasteiger partial charge in [0.15, 0.2) is 0 Å². The summed E-state index contributed by atoms with van der Waals surface area (Å²) < 4.78 is 0. The van der Waals surface area contributed by atoms with Gasteiger partial charge in [0, 0.05) is 23.3 Å². The van der Waals surface area contributed by atoms with Gasteiger partial charge >= 0.3 is 0 Å². The van der Waals surface area contributed by atoms with Crippen LogP contribution in [0.5, 0.6) is 0 Å². The average Bonchev–Trinajstić information content (AvgIpc) is 3.14. The predicted octanol–water partition coefficient (Wildman–Crippen LogP) is 3.11. The maximum Gasteiger partial charge on any atom is 0.256 e. The lowest BCUT2D eigenvalue weighted by atomic mass is 10.2. The van der Waals surface area contributed by atoms with Gasteiger partial charge in [-0.25, -0.2) is 0 Å². The number of thiophene rings is 1. The highest BCUT2D eigenvalue weighted by molar-refractivity contribution is 7.10.